The number of hydrogen-bond donors (Lipinski definition) is 0. The first-order chi connectivity index (χ1) is 8.15. The molecule has 0 unspecified atom stereocenters. The van der Waals surface area contributed by atoms with Gasteiger partial charge in [0.2, 0.25) is 0 Å². The van der Waals surface area contributed by atoms with Gasteiger partial charge in [0.25, 0.3) is 5.69 Å². The molecular formula is C9H8ClN5O2. The molecule has 0 aliphatic heterocycles. The molecule has 7 nitrogen and oxygen atoms in total. The van der Waals surface area contributed by atoms with Crippen molar-refractivity contribution in [1.29, 1.82) is 0 Å². The van der Waals surface area contributed by atoms with Crippen LogP contribution in [0, 0.1) is 17.0 Å². The maximum atomic E-state index is 10.8. The molecule has 1 aromatic heterocycles. The van der Waals surface area contributed by atoms with Crippen LogP contribution in [0.25, 0.3) is 5.69 Å². The zero-order valence-corrected chi connectivity index (χ0v) is 9.63. The quantitative estimate of drug-likeness (QED) is 0.471. The predicted octanol–water partition coefficient (Wildman–Crippen LogP) is 1.62. The van der Waals surface area contributed by atoms with Gasteiger partial charge < -0.3 is 0 Å². The van der Waals surface area contributed by atoms with Crippen molar-refractivity contribution in [3.8, 4) is 5.69 Å². The number of nitrogens with zero attached hydrogens (tertiary/aromatic N) is 5. The zero-order chi connectivity index (χ0) is 12.4. The maximum absolute atomic E-state index is 10.8. The Hall–Kier alpha value is -2.02. The molecule has 0 saturated heterocycles. The van der Waals surface area contributed by atoms with E-state index in [1.165, 1.54) is 10.7 Å². The van der Waals surface area contributed by atoms with Crippen LogP contribution < -0.4 is 0 Å². The Bertz CT molecular complexity index is 568. The van der Waals surface area contributed by atoms with E-state index in [9.17, 15) is 10.1 Å². The molecular weight excluding hydrogens is 246 g/mol. The molecule has 17 heavy (non-hydrogen) atoms. The highest BCUT2D eigenvalue weighted by Crippen LogP contribution is 2.24. The summed E-state index contributed by atoms with van der Waals surface area (Å²) in [5.74, 6) is 0.574. The number of rotatable bonds is 3. The Morgan fingerprint density at radius 3 is 2.94 bits per heavy atom. The third kappa shape index (κ3) is 1.96. The molecule has 0 amide bonds. The standard InChI is InChI=1S/C9H8ClN5O2/c1-6-7(3-2-4-8(6)15(16)17)14-9(5-10)11-12-13-14/h2-4H,5H2,1H3. The van der Waals surface area contributed by atoms with E-state index in [4.69, 9.17) is 11.6 Å². The second kappa shape index (κ2) is 4.46. The Labute approximate surface area is 101 Å². The number of halogens is 1. The van der Waals surface area contributed by atoms with Crippen molar-refractivity contribution >= 4 is 17.3 Å². The van der Waals surface area contributed by atoms with E-state index in [2.05, 4.69) is 15.5 Å². The molecule has 88 valence electrons. The summed E-state index contributed by atoms with van der Waals surface area (Å²) in [6.45, 7) is 1.65. The largest absolute Gasteiger partial charge is 0.274 e. The zero-order valence-electron chi connectivity index (χ0n) is 8.87. The molecule has 0 saturated carbocycles. The average Bonchev–Trinajstić information content (AvgIpc) is 2.76. The lowest BCUT2D eigenvalue weighted by molar-refractivity contribution is -0.385. The summed E-state index contributed by atoms with van der Waals surface area (Å²) in [6, 6.07) is 4.72. The van der Waals surface area contributed by atoms with Crippen molar-refractivity contribution in [1.82, 2.24) is 20.2 Å². The first kappa shape index (κ1) is 11.5. The molecule has 0 atom stereocenters. The smallest absolute Gasteiger partial charge is 0.258 e. The van der Waals surface area contributed by atoms with Crippen LogP contribution in [0.1, 0.15) is 11.4 Å². The third-order valence-electron chi connectivity index (χ3n) is 2.36. The summed E-state index contributed by atoms with van der Waals surface area (Å²) < 4.78 is 1.40. The third-order valence-corrected chi connectivity index (χ3v) is 2.59. The first-order valence-electron chi connectivity index (χ1n) is 4.72. The fourth-order valence-corrected chi connectivity index (χ4v) is 1.68. The molecule has 2 rings (SSSR count). The lowest BCUT2D eigenvalue weighted by Crippen LogP contribution is -2.05. The van der Waals surface area contributed by atoms with Crippen molar-refractivity contribution < 1.29 is 4.92 Å². The Kier molecular flexibility index (Phi) is 3.01. The molecule has 0 aliphatic carbocycles. The lowest BCUT2D eigenvalue weighted by atomic mass is 10.1. The Morgan fingerprint density at radius 2 is 2.29 bits per heavy atom. The normalized spacial score (nSPS) is 10.5. The summed E-state index contributed by atoms with van der Waals surface area (Å²) in [5, 5.41) is 21.8. The van der Waals surface area contributed by atoms with Crippen LogP contribution in [-0.4, -0.2) is 25.1 Å². The second-order valence-electron chi connectivity index (χ2n) is 3.32. The summed E-state index contributed by atoms with van der Waals surface area (Å²) in [5.41, 5.74) is 1.08. The summed E-state index contributed by atoms with van der Waals surface area (Å²) in [4.78, 5) is 10.4. The molecule has 0 bridgehead atoms. The number of hydrogen-bond acceptors (Lipinski definition) is 5. The van der Waals surface area contributed by atoms with Gasteiger partial charge in [-0.25, -0.2) is 0 Å². The Morgan fingerprint density at radius 1 is 1.53 bits per heavy atom. The van der Waals surface area contributed by atoms with Gasteiger partial charge in [-0.05, 0) is 23.4 Å². The van der Waals surface area contributed by atoms with E-state index >= 15 is 0 Å². The van der Waals surface area contributed by atoms with Crippen LogP contribution in [-0.2, 0) is 5.88 Å². The van der Waals surface area contributed by atoms with Gasteiger partial charge in [-0.1, -0.05) is 6.07 Å². The molecule has 0 N–H and O–H groups in total. The monoisotopic (exact) mass is 253 g/mol. The lowest BCUT2D eigenvalue weighted by Gasteiger charge is -2.06. The molecule has 2 aromatic rings. The van der Waals surface area contributed by atoms with Crippen LogP contribution >= 0.6 is 11.6 Å². The fraction of sp³-hybridized carbons (Fsp3) is 0.222. The first-order valence-corrected chi connectivity index (χ1v) is 5.26. The highest BCUT2D eigenvalue weighted by Gasteiger charge is 2.17. The van der Waals surface area contributed by atoms with Crippen molar-refractivity contribution in [3.63, 3.8) is 0 Å². The minimum absolute atomic E-state index is 0.0264. The SMILES string of the molecule is Cc1c(-n2nnnc2CCl)cccc1[N+](=O)[O-]. The average molecular weight is 254 g/mol. The van der Waals surface area contributed by atoms with Crippen LogP contribution in [0.2, 0.25) is 0 Å². The van der Waals surface area contributed by atoms with E-state index in [-0.39, 0.29) is 11.6 Å². The van der Waals surface area contributed by atoms with Gasteiger partial charge in [0.05, 0.1) is 22.1 Å². The van der Waals surface area contributed by atoms with Gasteiger partial charge >= 0.3 is 0 Å². The number of alkyl halides is 1. The number of tetrazole rings is 1. The minimum Gasteiger partial charge on any atom is -0.258 e. The van der Waals surface area contributed by atoms with Gasteiger partial charge in [-0.15, -0.1) is 16.7 Å². The fourth-order valence-electron chi connectivity index (χ4n) is 1.52. The van der Waals surface area contributed by atoms with E-state index in [1.54, 1.807) is 19.1 Å². The van der Waals surface area contributed by atoms with Gasteiger partial charge in [0, 0.05) is 6.07 Å². The molecule has 0 fully saturated rings. The topological polar surface area (TPSA) is 86.7 Å². The van der Waals surface area contributed by atoms with Crippen LogP contribution in [0.15, 0.2) is 18.2 Å². The molecule has 0 spiro atoms. The van der Waals surface area contributed by atoms with Crippen molar-refractivity contribution in [2.24, 2.45) is 0 Å². The van der Waals surface area contributed by atoms with Gasteiger partial charge in [-0.3, -0.25) is 10.1 Å². The van der Waals surface area contributed by atoms with Crippen molar-refractivity contribution in [2.45, 2.75) is 12.8 Å². The van der Waals surface area contributed by atoms with E-state index in [0.29, 0.717) is 17.1 Å². The predicted molar refractivity (Wildman–Crippen MR) is 60.1 cm³/mol. The van der Waals surface area contributed by atoms with Gasteiger partial charge in [-0.2, -0.15) is 4.68 Å². The van der Waals surface area contributed by atoms with E-state index in [1.807, 2.05) is 0 Å². The molecule has 0 aliphatic rings. The highest BCUT2D eigenvalue weighted by atomic mass is 35.5. The molecule has 1 heterocycles. The minimum atomic E-state index is -0.441. The number of aromatic nitrogens is 4. The molecule has 0 radical (unpaired) electrons. The van der Waals surface area contributed by atoms with Crippen LogP contribution in [0.4, 0.5) is 5.69 Å². The summed E-state index contributed by atoms with van der Waals surface area (Å²) in [7, 11) is 0. The van der Waals surface area contributed by atoms with E-state index < -0.39 is 4.92 Å². The van der Waals surface area contributed by atoms with E-state index in [0.717, 1.165) is 0 Å². The molecule has 1 aromatic carbocycles. The maximum Gasteiger partial charge on any atom is 0.274 e. The van der Waals surface area contributed by atoms with Crippen LogP contribution in [0.5, 0.6) is 0 Å². The summed E-state index contributed by atoms with van der Waals surface area (Å²) >= 11 is 5.68. The van der Waals surface area contributed by atoms with Crippen molar-refractivity contribution in [3.05, 3.63) is 39.7 Å². The van der Waals surface area contributed by atoms with Crippen LogP contribution in [0.3, 0.4) is 0 Å². The number of nitro benzene ring substituents is 1. The summed E-state index contributed by atoms with van der Waals surface area (Å²) in [6.07, 6.45) is 0. The Balaban J connectivity index is 2.60. The van der Waals surface area contributed by atoms with Gasteiger partial charge in [0.1, 0.15) is 0 Å². The number of benzene rings is 1. The number of nitro groups is 1. The molecule has 8 heteroatoms. The second-order valence-corrected chi connectivity index (χ2v) is 3.59. The van der Waals surface area contributed by atoms with Gasteiger partial charge in [0.15, 0.2) is 5.82 Å². The van der Waals surface area contributed by atoms with Crippen molar-refractivity contribution in [2.75, 3.05) is 0 Å². The highest BCUT2D eigenvalue weighted by molar-refractivity contribution is 6.16.